The van der Waals surface area contributed by atoms with Gasteiger partial charge in [-0.25, -0.2) is 13.6 Å². The lowest BCUT2D eigenvalue weighted by Crippen LogP contribution is -2.29. The Morgan fingerprint density at radius 3 is 2.68 bits per heavy atom. The number of nitrogens with two attached hydrogens (primary N) is 1. The number of ether oxygens (including phenoxy) is 1. The van der Waals surface area contributed by atoms with Crippen molar-refractivity contribution in [1.29, 1.82) is 0 Å². The smallest absolute Gasteiger partial charge is 0.351 e. The number of aliphatic hydroxyl groups excluding tert-OH is 1. The maximum absolute atomic E-state index is 13.1. The van der Waals surface area contributed by atoms with E-state index in [1.807, 2.05) is 0 Å². The fraction of sp³-hybridized carbons (Fsp3) is 0.286. The van der Waals surface area contributed by atoms with Gasteiger partial charge in [0.1, 0.15) is 11.9 Å². The van der Waals surface area contributed by atoms with Crippen LogP contribution in [0.3, 0.4) is 0 Å². The van der Waals surface area contributed by atoms with E-state index in [-0.39, 0.29) is 29.6 Å². The minimum absolute atomic E-state index is 0.0168. The van der Waals surface area contributed by atoms with Crippen molar-refractivity contribution < 1.29 is 18.6 Å². The maximum Gasteiger partial charge on any atom is 0.351 e. The molecule has 2 unspecified atom stereocenters. The van der Waals surface area contributed by atoms with E-state index >= 15 is 0 Å². The van der Waals surface area contributed by atoms with Crippen LogP contribution in [0, 0.1) is 0 Å². The van der Waals surface area contributed by atoms with Gasteiger partial charge in [-0.15, -0.1) is 0 Å². The van der Waals surface area contributed by atoms with Crippen molar-refractivity contribution in [1.82, 2.24) is 9.55 Å². The van der Waals surface area contributed by atoms with E-state index in [1.54, 1.807) is 19.1 Å². The summed E-state index contributed by atoms with van der Waals surface area (Å²) in [5, 5.41) is 9.18. The van der Waals surface area contributed by atoms with Gasteiger partial charge in [0.15, 0.2) is 6.23 Å². The van der Waals surface area contributed by atoms with Crippen molar-refractivity contribution in [3.8, 4) is 0 Å². The highest BCUT2D eigenvalue weighted by molar-refractivity contribution is 5.59. The molecule has 2 atom stereocenters. The van der Waals surface area contributed by atoms with Crippen LogP contribution < -0.4 is 11.4 Å². The Bertz CT molecular complexity index is 710. The van der Waals surface area contributed by atoms with Crippen LogP contribution in [0.2, 0.25) is 0 Å². The predicted molar refractivity (Wildman–Crippen MR) is 77.0 cm³/mol. The lowest BCUT2D eigenvalue weighted by Gasteiger charge is -2.15. The molecule has 1 aromatic rings. The van der Waals surface area contributed by atoms with Crippen molar-refractivity contribution in [2.75, 3.05) is 12.3 Å². The summed E-state index contributed by atoms with van der Waals surface area (Å²) in [4.78, 5) is 15.6. The molecule has 22 heavy (non-hydrogen) atoms. The average Bonchev–Trinajstić information content (AvgIpc) is 2.87. The summed E-state index contributed by atoms with van der Waals surface area (Å²) < 4.78 is 32.4. The second-order valence-electron chi connectivity index (χ2n) is 4.56. The largest absolute Gasteiger partial charge is 0.393 e. The first kappa shape index (κ1) is 16.1. The van der Waals surface area contributed by atoms with Crippen molar-refractivity contribution >= 4 is 11.9 Å². The SMILES string of the molecule is C/C=C\c1cn(C2OC(CO)C(=C/F)/C2=C\F)c(=O)nc1N. The minimum atomic E-state index is -1.23. The quantitative estimate of drug-likeness (QED) is 0.882. The Balaban J connectivity index is 2.56. The molecule has 2 rings (SSSR count). The van der Waals surface area contributed by atoms with Crippen LogP contribution in [0.15, 0.2) is 40.9 Å². The van der Waals surface area contributed by atoms with Crippen LogP contribution in [0.5, 0.6) is 0 Å². The number of nitrogens with zero attached hydrogens (tertiary/aromatic N) is 2. The summed E-state index contributed by atoms with van der Waals surface area (Å²) in [5.41, 5.74) is 4.94. The summed E-state index contributed by atoms with van der Waals surface area (Å²) in [6, 6.07) is 0. The highest BCUT2D eigenvalue weighted by Crippen LogP contribution is 2.38. The summed E-state index contributed by atoms with van der Waals surface area (Å²) in [5.74, 6) is 0.0168. The Labute approximate surface area is 124 Å². The highest BCUT2D eigenvalue weighted by atomic mass is 19.1. The van der Waals surface area contributed by atoms with E-state index in [1.165, 1.54) is 6.20 Å². The normalized spacial score (nSPS) is 25.6. The average molecular weight is 311 g/mol. The molecular formula is C14H15F2N3O3. The number of nitrogen functional groups attached to an aromatic ring is 1. The van der Waals surface area contributed by atoms with Crippen molar-refractivity contribution in [2.45, 2.75) is 19.3 Å². The maximum atomic E-state index is 13.1. The summed E-state index contributed by atoms with van der Waals surface area (Å²) in [7, 11) is 0. The molecule has 2 heterocycles. The van der Waals surface area contributed by atoms with E-state index < -0.39 is 24.6 Å². The Hall–Kier alpha value is -2.32. The van der Waals surface area contributed by atoms with E-state index in [2.05, 4.69) is 4.98 Å². The van der Waals surface area contributed by atoms with Gasteiger partial charge in [-0.2, -0.15) is 4.98 Å². The molecular weight excluding hydrogens is 296 g/mol. The third-order valence-corrected chi connectivity index (χ3v) is 3.25. The van der Waals surface area contributed by atoms with Crippen molar-refractivity contribution in [3.63, 3.8) is 0 Å². The number of aromatic nitrogens is 2. The first-order valence-electron chi connectivity index (χ1n) is 6.46. The number of halogens is 2. The lowest BCUT2D eigenvalue weighted by molar-refractivity contribution is -0.00860. The molecule has 3 N–H and O–H groups in total. The molecule has 1 saturated heterocycles. The van der Waals surface area contributed by atoms with Gasteiger partial charge in [-0.05, 0) is 6.92 Å². The lowest BCUT2D eigenvalue weighted by atomic mass is 10.1. The van der Waals surface area contributed by atoms with Crippen LogP contribution in [0.4, 0.5) is 14.6 Å². The molecule has 6 nitrogen and oxygen atoms in total. The van der Waals surface area contributed by atoms with Gasteiger partial charge in [-0.3, -0.25) is 4.57 Å². The van der Waals surface area contributed by atoms with Crippen LogP contribution in [-0.4, -0.2) is 27.4 Å². The van der Waals surface area contributed by atoms with Crippen LogP contribution in [0.1, 0.15) is 18.7 Å². The minimum Gasteiger partial charge on any atom is -0.393 e. The van der Waals surface area contributed by atoms with Crippen molar-refractivity contribution in [3.05, 3.63) is 52.1 Å². The molecule has 118 valence electrons. The molecule has 0 spiro atoms. The molecule has 1 aromatic heterocycles. The molecule has 0 radical (unpaired) electrons. The Morgan fingerprint density at radius 1 is 1.45 bits per heavy atom. The number of aliphatic hydroxyl groups is 1. The van der Waals surface area contributed by atoms with Gasteiger partial charge < -0.3 is 15.6 Å². The second-order valence-corrected chi connectivity index (χ2v) is 4.56. The van der Waals surface area contributed by atoms with Gasteiger partial charge in [-0.1, -0.05) is 12.2 Å². The Kier molecular flexibility index (Phi) is 4.84. The van der Waals surface area contributed by atoms with Crippen LogP contribution in [0.25, 0.3) is 6.08 Å². The van der Waals surface area contributed by atoms with Crippen LogP contribution >= 0.6 is 0 Å². The summed E-state index contributed by atoms with van der Waals surface area (Å²) in [6.07, 6.45) is 2.64. The monoisotopic (exact) mass is 311 g/mol. The molecule has 1 aliphatic heterocycles. The number of rotatable bonds is 3. The third kappa shape index (κ3) is 2.70. The topological polar surface area (TPSA) is 90.4 Å². The number of hydrogen-bond acceptors (Lipinski definition) is 5. The van der Waals surface area contributed by atoms with E-state index in [0.29, 0.717) is 5.56 Å². The summed E-state index contributed by atoms with van der Waals surface area (Å²) >= 11 is 0. The van der Waals surface area contributed by atoms with Gasteiger partial charge in [0.25, 0.3) is 0 Å². The van der Waals surface area contributed by atoms with Gasteiger partial charge in [0, 0.05) is 22.9 Å². The molecule has 0 aliphatic carbocycles. The molecule has 0 amide bonds. The van der Waals surface area contributed by atoms with Gasteiger partial charge in [0.05, 0.1) is 19.3 Å². The zero-order chi connectivity index (χ0) is 16.3. The second kappa shape index (κ2) is 6.63. The van der Waals surface area contributed by atoms with E-state index in [0.717, 1.165) is 4.57 Å². The van der Waals surface area contributed by atoms with Crippen LogP contribution in [-0.2, 0) is 4.74 Å². The third-order valence-electron chi connectivity index (χ3n) is 3.25. The van der Waals surface area contributed by atoms with Crippen molar-refractivity contribution in [2.24, 2.45) is 0 Å². The van der Waals surface area contributed by atoms with Gasteiger partial charge >= 0.3 is 5.69 Å². The zero-order valence-electron chi connectivity index (χ0n) is 11.7. The number of anilines is 1. The zero-order valence-corrected chi connectivity index (χ0v) is 11.7. The van der Waals surface area contributed by atoms with Gasteiger partial charge in [0.2, 0.25) is 0 Å². The molecule has 0 aromatic carbocycles. The molecule has 8 heteroatoms. The van der Waals surface area contributed by atoms with E-state index in [4.69, 9.17) is 10.5 Å². The first-order valence-corrected chi connectivity index (χ1v) is 6.46. The Morgan fingerprint density at radius 2 is 2.14 bits per heavy atom. The fourth-order valence-corrected chi connectivity index (χ4v) is 2.21. The molecule has 0 saturated carbocycles. The summed E-state index contributed by atoms with van der Waals surface area (Å²) in [6.45, 7) is 1.20. The fourth-order valence-electron chi connectivity index (χ4n) is 2.21. The highest BCUT2D eigenvalue weighted by Gasteiger charge is 2.37. The predicted octanol–water partition coefficient (Wildman–Crippen LogP) is 1.46. The molecule has 1 aliphatic rings. The number of allylic oxidation sites excluding steroid dienone is 1. The number of hydrogen-bond donors (Lipinski definition) is 2. The molecule has 0 bridgehead atoms. The first-order chi connectivity index (χ1) is 10.6. The molecule has 1 fully saturated rings. The standard InChI is InChI=1S/C14H15F2N3O3/c1-2-3-8-6-19(14(21)18-12(8)17)13-10(5-16)9(4-15)11(7-20)22-13/h2-6,11,13,20H,7H2,1H3,(H2,17,18,21)/b3-2-,9-4+,10-5+. The van der Waals surface area contributed by atoms with E-state index in [9.17, 15) is 18.7 Å².